The minimum Gasteiger partial charge on any atom is -0.496 e. The van der Waals surface area contributed by atoms with E-state index in [-0.39, 0.29) is 5.91 Å². The van der Waals surface area contributed by atoms with Gasteiger partial charge in [-0.2, -0.15) is 0 Å². The number of nitrogens with zero attached hydrogens (tertiary/aromatic N) is 2. The molecule has 10 nitrogen and oxygen atoms in total. The molecule has 2 aromatic heterocycles. The number of amides is 3. The van der Waals surface area contributed by atoms with Crippen LogP contribution in [-0.2, 0) is 16.0 Å². The summed E-state index contributed by atoms with van der Waals surface area (Å²) in [6.07, 6.45) is 6.44. The first-order valence-electron chi connectivity index (χ1n) is 11.7. The van der Waals surface area contributed by atoms with E-state index in [2.05, 4.69) is 25.9 Å². The lowest BCUT2D eigenvalue weighted by Gasteiger charge is -2.26. The van der Waals surface area contributed by atoms with Crippen molar-refractivity contribution in [1.82, 2.24) is 15.3 Å². The van der Waals surface area contributed by atoms with Crippen molar-refractivity contribution in [2.24, 2.45) is 0 Å². The maximum Gasteiger partial charge on any atom is 0.313 e. The molecule has 0 spiro atoms. The van der Waals surface area contributed by atoms with Crippen LogP contribution in [0, 0.1) is 0 Å². The number of pyridine rings is 1. The Morgan fingerprint density at radius 3 is 2.26 bits per heavy atom. The molecule has 0 bridgehead atoms. The zero-order chi connectivity index (χ0) is 27.1. The fraction of sp³-hybridized carbons (Fsp3) is 0.179. The third kappa shape index (κ3) is 6.61. The number of methoxy groups -OCH3 is 1. The van der Waals surface area contributed by atoms with Crippen LogP contribution in [0.4, 0.5) is 11.4 Å². The maximum absolute atomic E-state index is 12.6. The zero-order valence-electron chi connectivity index (χ0n) is 21.1. The molecule has 0 atom stereocenters. The van der Waals surface area contributed by atoms with Gasteiger partial charge in [0.05, 0.1) is 18.9 Å². The topological polar surface area (TPSA) is 135 Å². The van der Waals surface area contributed by atoms with Gasteiger partial charge in [-0.3, -0.25) is 19.4 Å². The molecule has 0 aliphatic rings. The summed E-state index contributed by atoms with van der Waals surface area (Å²) >= 11 is 0. The first-order chi connectivity index (χ1) is 18.2. The summed E-state index contributed by atoms with van der Waals surface area (Å²) in [7, 11) is 1.50. The van der Waals surface area contributed by atoms with Crippen molar-refractivity contribution in [3.63, 3.8) is 0 Å². The third-order valence-electron chi connectivity index (χ3n) is 5.62. The average molecular weight is 514 g/mol. The number of carbonyl (C=O) groups is 3. The quantitative estimate of drug-likeness (QED) is 0.302. The molecule has 0 radical (unpaired) electrons. The summed E-state index contributed by atoms with van der Waals surface area (Å²) in [5.74, 6) is -0.829. The van der Waals surface area contributed by atoms with Crippen LogP contribution < -0.4 is 20.7 Å². The Kier molecular flexibility index (Phi) is 7.81. The van der Waals surface area contributed by atoms with Gasteiger partial charge < -0.3 is 25.1 Å². The number of rotatable bonds is 8. The minimum absolute atomic E-state index is 0.232. The molecule has 0 aliphatic carbocycles. The second-order valence-electron chi connectivity index (χ2n) is 9.14. The van der Waals surface area contributed by atoms with Crippen LogP contribution in [0.1, 0.15) is 29.8 Å². The normalized spacial score (nSPS) is 10.9. The van der Waals surface area contributed by atoms with Crippen LogP contribution in [0.25, 0.3) is 11.3 Å². The van der Waals surface area contributed by atoms with E-state index in [1.807, 2.05) is 26.0 Å². The molecular formula is C28H27N5O5. The lowest BCUT2D eigenvalue weighted by molar-refractivity contribution is -0.137. The molecule has 0 saturated carbocycles. The van der Waals surface area contributed by atoms with Gasteiger partial charge in [-0.25, -0.2) is 4.98 Å². The second kappa shape index (κ2) is 11.4. The van der Waals surface area contributed by atoms with Crippen LogP contribution in [0.2, 0.25) is 0 Å². The fourth-order valence-corrected chi connectivity index (χ4v) is 3.84. The van der Waals surface area contributed by atoms with Crippen molar-refractivity contribution in [3.05, 3.63) is 90.7 Å². The molecule has 4 rings (SSSR count). The summed E-state index contributed by atoms with van der Waals surface area (Å²) in [5.41, 5.74) is 2.41. The minimum atomic E-state index is -0.804. The van der Waals surface area contributed by atoms with E-state index in [1.165, 1.54) is 13.5 Å². The highest BCUT2D eigenvalue weighted by molar-refractivity contribution is 6.39. The Balaban J connectivity index is 1.33. The number of hydrogen-bond donors (Lipinski definition) is 3. The van der Waals surface area contributed by atoms with E-state index >= 15 is 0 Å². The molecule has 4 aromatic rings. The van der Waals surface area contributed by atoms with Gasteiger partial charge in [0.25, 0.3) is 5.91 Å². The molecule has 0 aliphatic heterocycles. The first kappa shape index (κ1) is 26.1. The van der Waals surface area contributed by atoms with Crippen molar-refractivity contribution in [3.8, 4) is 17.1 Å². The van der Waals surface area contributed by atoms with Crippen LogP contribution in [-0.4, -0.2) is 40.3 Å². The molecule has 3 N–H and O–H groups in total. The monoisotopic (exact) mass is 513 g/mol. The fourth-order valence-electron chi connectivity index (χ4n) is 3.84. The first-order valence-corrected chi connectivity index (χ1v) is 11.7. The van der Waals surface area contributed by atoms with Crippen molar-refractivity contribution < 1.29 is 23.5 Å². The van der Waals surface area contributed by atoms with Gasteiger partial charge >= 0.3 is 11.8 Å². The Morgan fingerprint density at radius 2 is 1.61 bits per heavy atom. The molecule has 38 heavy (non-hydrogen) atoms. The highest BCUT2D eigenvalue weighted by atomic mass is 16.5. The maximum atomic E-state index is 12.6. The van der Waals surface area contributed by atoms with E-state index < -0.39 is 17.4 Å². The predicted octanol–water partition coefficient (Wildman–Crippen LogP) is 4.07. The van der Waals surface area contributed by atoms with Gasteiger partial charge in [0.15, 0.2) is 12.2 Å². The Labute approximate surface area is 219 Å². The van der Waals surface area contributed by atoms with Gasteiger partial charge in [-0.15, -0.1) is 0 Å². The molecular weight excluding hydrogens is 486 g/mol. The summed E-state index contributed by atoms with van der Waals surface area (Å²) in [4.78, 5) is 45.3. The molecule has 0 saturated heterocycles. The average Bonchev–Trinajstić information content (AvgIpc) is 3.44. The van der Waals surface area contributed by atoms with Crippen molar-refractivity contribution in [1.29, 1.82) is 0 Å². The summed E-state index contributed by atoms with van der Waals surface area (Å²) in [6.45, 7) is 3.65. The number of oxazole rings is 1. The number of nitrogens with one attached hydrogen (secondary N) is 3. The highest BCUT2D eigenvalue weighted by Gasteiger charge is 2.25. The van der Waals surface area contributed by atoms with E-state index in [0.29, 0.717) is 40.4 Å². The lowest BCUT2D eigenvalue weighted by Crippen LogP contribution is -2.49. The van der Waals surface area contributed by atoms with Gasteiger partial charge in [-0.1, -0.05) is 12.1 Å². The van der Waals surface area contributed by atoms with Crippen LogP contribution >= 0.6 is 0 Å². The van der Waals surface area contributed by atoms with Crippen molar-refractivity contribution in [2.75, 3.05) is 17.7 Å². The Bertz CT molecular complexity index is 1420. The Hall–Kier alpha value is -4.99. The Morgan fingerprint density at radius 1 is 0.895 bits per heavy atom. The van der Waals surface area contributed by atoms with Gasteiger partial charge in [0.1, 0.15) is 5.75 Å². The van der Waals surface area contributed by atoms with E-state index in [4.69, 9.17) is 9.15 Å². The summed E-state index contributed by atoms with van der Waals surface area (Å²) in [5, 5.41) is 8.20. The summed E-state index contributed by atoms with van der Waals surface area (Å²) < 4.78 is 10.7. The number of carbonyl (C=O) groups excluding carboxylic acids is 3. The van der Waals surface area contributed by atoms with E-state index in [0.717, 1.165) is 5.56 Å². The largest absolute Gasteiger partial charge is 0.496 e. The SMILES string of the molecule is COc1cc(NC(=O)C(=O)NC(C)(C)Cc2ccc(NC(=O)c3ccncc3)cc2)ccc1-c1cnco1. The number of benzene rings is 2. The van der Waals surface area contributed by atoms with E-state index in [1.54, 1.807) is 61.1 Å². The number of anilines is 2. The number of aromatic nitrogens is 2. The number of ether oxygens (including phenoxy) is 1. The third-order valence-corrected chi connectivity index (χ3v) is 5.62. The molecule has 2 aromatic carbocycles. The number of hydrogen-bond acceptors (Lipinski definition) is 7. The summed E-state index contributed by atoms with van der Waals surface area (Å²) in [6, 6.07) is 15.5. The molecule has 3 amide bonds. The molecule has 10 heteroatoms. The van der Waals surface area contributed by atoms with Gasteiger partial charge in [0, 0.05) is 40.9 Å². The highest BCUT2D eigenvalue weighted by Crippen LogP contribution is 2.32. The molecule has 194 valence electrons. The van der Waals surface area contributed by atoms with E-state index in [9.17, 15) is 14.4 Å². The van der Waals surface area contributed by atoms with Gasteiger partial charge in [-0.05, 0) is 62.2 Å². The molecule has 0 fully saturated rings. The van der Waals surface area contributed by atoms with Gasteiger partial charge in [0.2, 0.25) is 0 Å². The standard InChI is InChI=1S/C28H27N5O5/c1-28(2,15-18-4-6-20(7-5-18)31-25(34)19-10-12-29-13-11-19)33-27(36)26(35)32-21-8-9-22(23(14-21)37-3)24-16-30-17-38-24/h4-14,16-17H,15H2,1-3H3,(H,31,34)(H,32,35)(H,33,36). The van der Waals surface area contributed by atoms with Crippen LogP contribution in [0.5, 0.6) is 5.75 Å². The predicted molar refractivity (Wildman–Crippen MR) is 142 cm³/mol. The smallest absolute Gasteiger partial charge is 0.313 e. The molecule has 2 heterocycles. The van der Waals surface area contributed by atoms with Crippen molar-refractivity contribution in [2.45, 2.75) is 25.8 Å². The zero-order valence-corrected chi connectivity index (χ0v) is 21.1. The van der Waals surface area contributed by atoms with Crippen LogP contribution in [0.15, 0.2) is 84.0 Å². The van der Waals surface area contributed by atoms with Crippen LogP contribution in [0.3, 0.4) is 0 Å². The van der Waals surface area contributed by atoms with Crippen molar-refractivity contribution >= 4 is 29.1 Å². The molecule has 0 unspecified atom stereocenters. The second-order valence-corrected chi connectivity index (χ2v) is 9.14. The lowest BCUT2D eigenvalue weighted by atomic mass is 9.94.